The van der Waals surface area contributed by atoms with Crippen LogP contribution in [-0.2, 0) is 6.54 Å². The Balaban J connectivity index is 1.64. The normalized spacial score (nSPS) is 10.3. The predicted octanol–water partition coefficient (Wildman–Crippen LogP) is 3.37. The molecule has 0 aliphatic heterocycles. The van der Waals surface area contributed by atoms with E-state index in [1.54, 1.807) is 14.2 Å². The van der Waals surface area contributed by atoms with Crippen molar-refractivity contribution >= 4 is 5.69 Å². The fraction of sp³-hybridized carbons (Fsp3) is 0.176. The Morgan fingerprint density at radius 3 is 2.13 bits per heavy atom. The minimum absolute atomic E-state index is 0.454. The third kappa shape index (κ3) is 3.60. The zero-order valence-electron chi connectivity index (χ0n) is 12.9. The third-order valence-corrected chi connectivity index (χ3v) is 3.35. The van der Waals surface area contributed by atoms with Gasteiger partial charge in [-0.05, 0) is 48.5 Å². The molecule has 3 aromatic rings. The van der Waals surface area contributed by atoms with E-state index in [4.69, 9.17) is 14.0 Å². The van der Waals surface area contributed by atoms with Gasteiger partial charge in [-0.1, -0.05) is 5.16 Å². The van der Waals surface area contributed by atoms with Crippen molar-refractivity contribution in [2.45, 2.75) is 6.54 Å². The summed E-state index contributed by atoms with van der Waals surface area (Å²) in [6.45, 7) is 0.454. The first-order chi connectivity index (χ1) is 11.3. The van der Waals surface area contributed by atoms with Crippen LogP contribution in [0.15, 0.2) is 53.1 Å². The van der Waals surface area contributed by atoms with E-state index in [0.717, 1.165) is 22.7 Å². The second-order valence-electron chi connectivity index (χ2n) is 4.82. The van der Waals surface area contributed by atoms with Crippen LogP contribution in [-0.4, -0.2) is 24.4 Å². The number of anilines is 1. The standard InChI is InChI=1S/C17H17N3O3/c1-21-14-7-3-12(4-8-14)17-19-16(23-20-17)11-18-13-5-9-15(22-2)10-6-13/h3-10,18H,11H2,1-2H3. The lowest BCUT2D eigenvalue weighted by molar-refractivity contribution is 0.384. The van der Waals surface area contributed by atoms with Gasteiger partial charge in [0.25, 0.3) is 0 Å². The number of rotatable bonds is 6. The van der Waals surface area contributed by atoms with Gasteiger partial charge < -0.3 is 19.3 Å². The summed E-state index contributed by atoms with van der Waals surface area (Å²) in [4.78, 5) is 4.38. The Bertz CT molecular complexity index is 752. The number of hydrogen-bond acceptors (Lipinski definition) is 6. The maximum Gasteiger partial charge on any atom is 0.246 e. The van der Waals surface area contributed by atoms with Crippen molar-refractivity contribution in [1.82, 2.24) is 10.1 Å². The second kappa shape index (κ2) is 6.83. The molecule has 3 rings (SSSR count). The molecule has 0 aliphatic carbocycles. The van der Waals surface area contributed by atoms with Crippen molar-refractivity contribution in [1.29, 1.82) is 0 Å². The van der Waals surface area contributed by atoms with Crippen LogP contribution >= 0.6 is 0 Å². The molecule has 0 spiro atoms. The minimum atomic E-state index is 0.454. The van der Waals surface area contributed by atoms with Gasteiger partial charge >= 0.3 is 0 Å². The van der Waals surface area contributed by atoms with Crippen molar-refractivity contribution < 1.29 is 14.0 Å². The minimum Gasteiger partial charge on any atom is -0.497 e. The summed E-state index contributed by atoms with van der Waals surface area (Å²) in [5.74, 6) is 2.68. The number of hydrogen-bond donors (Lipinski definition) is 1. The van der Waals surface area contributed by atoms with Gasteiger partial charge in [-0.3, -0.25) is 0 Å². The van der Waals surface area contributed by atoms with E-state index in [-0.39, 0.29) is 0 Å². The molecule has 1 heterocycles. The Morgan fingerprint density at radius 1 is 0.913 bits per heavy atom. The van der Waals surface area contributed by atoms with E-state index in [0.29, 0.717) is 18.3 Å². The molecule has 6 heteroatoms. The van der Waals surface area contributed by atoms with E-state index >= 15 is 0 Å². The summed E-state index contributed by atoms with van der Waals surface area (Å²) in [5.41, 5.74) is 1.83. The Kier molecular flexibility index (Phi) is 4.42. The highest BCUT2D eigenvalue weighted by atomic mass is 16.5. The lowest BCUT2D eigenvalue weighted by Crippen LogP contribution is -1.99. The van der Waals surface area contributed by atoms with Crippen LogP contribution in [0, 0.1) is 0 Å². The van der Waals surface area contributed by atoms with Gasteiger partial charge in [0.2, 0.25) is 11.7 Å². The van der Waals surface area contributed by atoms with Crippen LogP contribution in [0.4, 0.5) is 5.69 Å². The van der Waals surface area contributed by atoms with Gasteiger partial charge in [0, 0.05) is 11.3 Å². The summed E-state index contributed by atoms with van der Waals surface area (Å²) in [6, 6.07) is 15.1. The Hall–Kier alpha value is -3.02. The van der Waals surface area contributed by atoms with Gasteiger partial charge in [-0.15, -0.1) is 0 Å². The van der Waals surface area contributed by atoms with Crippen molar-refractivity contribution in [2.75, 3.05) is 19.5 Å². The van der Waals surface area contributed by atoms with Crippen LogP contribution in [0.3, 0.4) is 0 Å². The van der Waals surface area contributed by atoms with Crippen LogP contribution < -0.4 is 14.8 Å². The summed E-state index contributed by atoms with van der Waals surface area (Å²) >= 11 is 0. The molecule has 0 radical (unpaired) electrons. The zero-order chi connectivity index (χ0) is 16.1. The molecule has 0 atom stereocenters. The van der Waals surface area contributed by atoms with Crippen molar-refractivity contribution in [3.05, 3.63) is 54.4 Å². The summed E-state index contributed by atoms with van der Waals surface area (Å²) in [5, 5.41) is 7.22. The summed E-state index contributed by atoms with van der Waals surface area (Å²) < 4.78 is 15.5. The van der Waals surface area contributed by atoms with Gasteiger partial charge in [-0.25, -0.2) is 0 Å². The first kappa shape index (κ1) is 14.9. The topological polar surface area (TPSA) is 69.4 Å². The lowest BCUT2D eigenvalue weighted by Gasteiger charge is -2.04. The van der Waals surface area contributed by atoms with Gasteiger partial charge in [0.05, 0.1) is 20.8 Å². The number of benzene rings is 2. The van der Waals surface area contributed by atoms with Crippen LogP contribution in [0.5, 0.6) is 11.5 Å². The summed E-state index contributed by atoms with van der Waals surface area (Å²) in [7, 11) is 3.27. The highest BCUT2D eigenvalue weighted by molar-refractivity contribution is 5.55. The first-order valence-electron chi connectivity index (χ1n) is 7.13. The second-order valence-corrected chi connectivity index (χ2v) is 4.82. The van der Waals surface area contributed by atoms with Gasteiger partial charge in [0.1, 0.15) is 11.5 Å². The Morgan fingerprint density at radius 2 is 1.52 bits per heavy atom. The molecule has 0 saturated carbocycles. The summed E-state index contributed by atoms with van der Waals surface area (Å²) in [6.07, 6.45) is 0. The third-order valence-electron chi connectivity index (χ3n) is 3.35. The number of nitrogens with one attached hydrogen (secondary N) is 1. The van der Waals surface area contributed by atoms with Crippen LogP contribution in [0.2, 0.25) is 0 Å². The maximum atomic E-state index is 5.26. The van der Waals surface area contributed by atoms with Crippen LogP contribution in [0.25, 0.3) is 11.4 Å². The van der Waals surface area contributed by atoms with E-state index in [9.17, 15) is 0 Å². The fourth-order valence-corrected chi connectivity index (χ4v) is 2.07. The molecule has 6 nitrogen and oxygen atoms in total. The predicted molar refractivity (Wildman–Crippen MR) is 86.6 cm³/mol. The Labute approximate surface area is 134 Å². The highest BCUT2D eigenvalue weighted by Gasteiger charge is 2.08. The molecule has 0 bridgehead atoms. The molecule has 0 fully saturated rings. The zero-order valence-corrected chi connectivity index (χ0v) is 12.9. The van der Waals surface area contributed by atoms with Gasteiger partial charge in [0.15, 0.2) is 0 Å². The molecule has 2 aromatic carbocycles. The monoisotopic (exact) mass is 311 g/mol. The lowest BCUT2D eigenvalue weighted by atomic mass is 10.2. The van der Waals surface area contributed by atoms with E-state index in [1.165, 1.54) is 0 Å². The molecule has 0 amide bonds. The number of ether oxygens (including phenoxy) is 2. The molecule has 0 saturated heterocycles. The molecule has 23 heavy (non-hydrogen) atoms. The van der Waals surface area contributed by atoms with E-state index in [2.05, 4.69) is 15.5 Å². The van der Waals surface area contributed by atoms with Crippen molar-refractivity contribution in [3.63, 3.8) is 0 Å². The molecule has 0 aliphatic rings. The molecule has 1 N–H and O–H groups in total. The molecular weight excluding hydrogens is 294 g/mol. The molecule has 0 unspecified atom stereocenters. The molecular formula is C17H17N3O3. The highest BCUT2D eigenvalue weighted by Crippen LogP contribution is 2.20. The first-order valence-corrected chi connectivity index (χ1v) is 7.13. The van der Waals surface area contributed by atoms with Crippen LogP contribution in [0.1, 0.15) is 5.89 Å². The maximum absolute atomic E-state index is 5.26. The largest absolute Gasteiger partial charge is 0.497 e. The number of aromatic nitrogens is 2. The fourth-order valence-electron chi connectivity index (χ4n) is 2.07. The average Bonchev–Trinajstić information content (AvgIpc) is 3.09. The van der Waals surface area contributed by atoms with E-state index < -0.39 is 0 Å². The number of methoxy groups -OCH3 is 2. The van der Waals surface area contributed by atoms with Gasteiger partial charge in [-0.2, -0.15) is 4.98 Å². The van der Waals surface area contributed by atoms with E-state index in [1.807, 2.05) is 48.5 Å². The average molecular weight is 311 g/mol. The van der Waals surface area contributed by atoms with Crippen molar-refractivity contribution in [3.8, 4) is 22.9 Å². The molecule has 1 aromatic heterocycles. The van der Waals surface area contributed by atoms with Crippen molar-refractivity contribution in [2.24, 2.45) is 0 Å². The quantitative estimate of drug-likeness (QED) is 0.752. The molecule has 118 valence electrons. The SMILES string of the molecule is COc1ccc(NCc2nc(-c3ccc(OC)cc3)no2)cc1. The smallest absolute Gasteiger partial charge is 0.246 e. The number of nitrogens with zero attached hydrogens (tertiary/aromatic N) is 2.